The summed E-state index contributed by atoms with van der Waals surface area (Å²) in [6.07, 6.45) is 3.04. The molecule has 1 atom stereocenters. The number of likely N-dealkylation sites (tertiary alicyclic amines) is 1. The number of hydrogen-bond acceptors (Lipinski definition) is 3. The Hall–Kier alpha value is -0.940. The van der Waals surface area contributed by atoms with Gasteiger partial charge in [-0.1, -0.05) is 13.8 Å². The van der Waals surface area contributed by atoms with Gasteiger partial charge in [-0.3, -0.25) is 9.58 Å². The summed E-state index contributed by atoms with van der Waals surface area (Å²) in [5.74, 6) is 0. The molecule has 0 amide bonds. The van der Waals surface area contributed by atoms with Crippen LogP contribution in [0.4, 0.5) is 4.39 Å². The Morgan fingerprint density at radius 3 is 2.29 bits per heavy atom. The molecule has 0 aliphatic carbocycles. The molecule has 0 saturated carbocycles. The van der Waals surface area contributed by atoms with E-state index in [1.165, 1.54) is 11.3 Å². The van der Waals surface area contributed by atoms with Crippen molar-refractivity contribution in [3.8, 4) is 0 Å². The fraction of sp³-hybridized carbons (Fsp3) is 0.812. The minimum Gasteiger partial charge on any atom is -0.378 e. The molecular weight excluding hydrogens is 269 g/mol. The fourth-order valence-corrected chi connectivity index (χ4v) is 2.33. The first-order valence-corrected chi connectivity index (χ1v) is 7.99. The van der Waals surface area contributed by atoms with E-state index in [4.69, 9.17) is 4.74 Å². The Bertz CT molecular complexity index is 385. The lowest BCUT2D eigenvalue weighted by molar-refractivity contribution is -0.0780. The van der Waals surface area contributed by atoms with E-state index < -0.39 is 6.17 Å². The highest BCUT2D eigenvalue weighted by Crippen LogP contribution is 2.18. The van der Waals surface area contributed by atoms with Crippen LogP contribution in [-0.2, 0) is 11.8 Å². The smallest absolute Gasteiger partial charge is 0.113 e. The highest BCUT2D eigenvalue weighted by Gasteiger charge is 2.29. The van der Waals surface area contributed by atoms with Crippen LogP contribution in [0.3, 0.4) is 0 Å². The van der Waals surface area contributed by atoms with Crippen molar-refractivity contribution < 1.29 is 9.13 Å². The van der Waals surface area contributed by atoms with Crippen molar-refractivity contribution in [3.63, 3.8) is 0 Å². The van der Waals surface area contributed by atoms with Gasteiger partial charge in [0.15, 0.2) is 0 Å². The first kappa shape index (κ1) is 18.1. The lowest BCUT2D eigenvalue weighted by atomic mass is 10.1. The third-order valence-corrected chi connectivity index (χ3v) is 4.01. The van der Waals surface area contributed by atoms with E-state index in [0.29, 0.717) is 12.6 Å². The second kappa shape index (κ2) is 9.15. The van der Waals surface area contributed by atoms with E-state index in [-0.39, 0.29) is 0 Å². The Morgan fingerprint density at radius 2 is 1.95 bits per heavy atom. The molecule has 0 spiro atoms. The largest absolute Gasteiger partial charge is 0.378 e. The van der Waals surface area contributed by atoms with Crippen molar-refractivity contribution in [3.05, 3.63) is 17.5 Å². The van der Waals surface area contributed by atoms with E-state index in [1.54, 1.807) is 0 Å². The van der Waals surface area contributed by atoms with Crippen molar-refractivity contribution >= 4 is 0 Å². The van der Waals surface area contributed by atoms with E-state index in [9.17, 15) is 4.39 Å². The third-order valence-electron chi connectivity index (χ3n) is 4.01. The van der Waals surface area contributed by atoms with Crippen molar-refractivity contribution in [2.45, 2.75) is 52.8 Å². The van der Waals surface area contributed by atoms with E-state index in [2.05, 4.69) is 23.8 Å². The second-order valence-electron chi connectivity index (χ2n) is 5.46. The highest BCUT2D eigenvalue weighted by atomic mass is 19.1. The standard InChI is InChI=1S/C8H14FNO.C6H10N2.C2H6/c9-7-2-1-3-10(4-7)8-5-11-6-8;1-5-4-7-8(3)6(5)2;1-2/h7-8H,1-6H2;4H,1-3H3;1-2H3. The van der Waals surface area contributed by atoms with Crippen LogP contribution in [0.25, 0.3) is 0 Å². The van der Waals surface area contributed by atoms with E-state index in [0.717, 1.165) is 32.6 Å². The van der Waals surface area contributed by atoms with Gasteiger partial charge in [-0.05, 0) is 38.8 Å². The summed E-state index contributed by atoms with van der Waals surface area (Å²) >= 11 is 0. The Kier molecular flexibility index (Phi) is 7.89. The summed E-state index contributed by atoms with van der Waals surface area (Å²) in [4.78, 5) is 2.22. The summed E-state index contributed by atoms with van der Waals surface area (Å²) in [6.45, 7) is 11.4. The monoisotopic (exact) mass is 299 g/mol. The normalized spacial score (nSPS) is 22.5. The topological polar surface area (TPSA) is 30.3 Å². The molecule has 0 N–H and O–H groups in total. The highest BCUT2D eigenvalue weighted by molar-refractivity contribution is 5.12. The molecule has 1 aromatic rings. The molecule has 2 aliphatic heterocycles. The summed E-state index contributed by atoms with van der Waals surface area (Å²) < 4.78 is 19.8. The van der Waals surface area contributed by atoms with Gasteiger partial charge in [0.05, 0.1) is 25.5 Å². The van der Waals surface area contributed by atoms with Crippen molar-refractivity contribution in [2.75, 3.05) is 26.3 Å². The Balaban J connectivity index is 0.000000196. The zero-order chi connectivity index (χ0) is 15.8. The first-order valence-electron chi connectivity index (χ1n) is 7.99. The molecule has 2 saturated heterocycles. The average Bonchev–Trinajstić information content (AvgIpc) is 2.71. The molecule has 0 radical (unpaired) electrons. The van der Waals surface area contributed by atoms with Gasteiger partial charge in [0.25, 0.3) is 0 Å². The Labute approximate surface area is 128 Å². The summed E-state index contributed by atoms with van der Waals surface area (Å²) in [7, 11) is 1.95. The molecule has 2 fully saturated rings. The molecule has 0 bridgehead atoms. The zero-order valence-corrected chi connectivity index (χ0v) is 14.1. The van der Waals surface area contributed by atoms with Crippen LogP contribution < -0.4 is 0 Å². The van der Waals surface area contributed by atoms with Gasteiger partial charge in [0.2, 0.25) is 0 Å². The number of piperidine rings is 1. The maximum atomic E-state index is 12.9. The molecule has 1 aromatic heterocycles. The average molecular weight is 299 g/mol. The van der Waals surface area contributed by atoms with E-state index >= 15 is 0 Å². The second-order valence-corrected chi connectivity index (χ2v) is 5.46. The molecule has 2 aliphatic rings. The predicted octanol–water partition coefficient (Wildman–Crippen LogP) is 2.88. The molecular formula is C16H30FN3O. The maximum Gasteiger partial charge on any atom is 0.113 e. The lowest BCUT2D eigenvalue weighted by Gasteiger charge is -2.40. The van der Waals surface area contributed by atoms with Crippen LogP contribution in [0.2, 0.25) is 0 Å². The number of halogens is 1. The van der Waals surface area contributed by atoms with Gasteiger partial charge in [-0.2, -0.15) is 5.10 Å². The van der Waals surface area contributed by atoms with Gasteiger partial charge in [-0.15, -0.1) is 0 Å². The summed E-state index contributed by atoms with van der Waals surface area (Å²) in [6, 6.07) is 0.522. The molecule has 122 valence electrons. The first-order chi connectivity index (χ1) is 10.1. The van der Waals surface area contributed by atoms with Gasteiger partial charge < -0.3 is 4.74 Å². The molecule has 0 aromatic carbocycles. The van der Waals surface area contributed by atoms with Gasteiger partial charge in [0, 0.05) is 19.3 Å². The van der Waals surface area contributed by atoms with Crippen molar-refractivity contribution in [1.29, 1.82) is 0 Å². The van der Waals surface area contributed by atoms with Crippen molar-refractivity contribution in [1.82, 2.24) is 14.7 Å². The number of nitrogens with zero attached hydrogens (tertiary/aromatic N) is 3. The van der Waals surface area contributed by atoms with Gasteiger partial charge in [-0.25, -0.2) is 4.39 Å². The minimum atomic E-state index is -0.593. The lowest BCUT2D eigenvalue weighted by Crippen LogP contribution is -2.52. The summed E-state index contributed by atoms with van der Waals surface area (Å²) in [5.41, 5.74) is 2.50. The fourth-order valence-electron chi connectivity index (χ4n) is 2.33. The number of rotatable bonds is 1. The zero-order valence-electron chi connectivity index (χ0n) is 14.1. The number of aryl methyl sites for hydroxylation is 2. The molecule has 3 heterocycles. The van der Waals surface area contributed by atoms with Crippen LogP contribution in [0.5, 0.6) is 0 Å². The van der Waals surface area contributed by atoms with Crippen LogP contribution in [-0.4, -0.2) is 53.2 Å². The van der Waals surface area contributed by atoms with Crippen molar-refractivity contribution in [2.24, 2.45) is 7.05 Å². The number of aromatic nitrogens is 2. The van der Waals surface area contributed by atoms with Crippen LogP contribution in [0.15, 0.2) is 6.20 Å². The van der Waals surface area contributed by atoms with E-state index in [1.807, 2.05) is 31.8 Å². The number of alkyl halides is 1. The quantitative estimate of drug-likeness (QED) is 0.799. The van der Waals surface area contributed by atoms with Crippen LogP contribution >= 0.6 is 0 Å². The van der Waals surface area contributed by atoms with Gasteiger partial charge >= 0.3 is 0 Å². The summed E-state index contributed by atoms with van der Waals surface area (Å²) in [5, 5.41) is 4.03. The minimum absolute atomic E-state index is 0.522. The third kappa shape index (κ3) is 5.40. The molecule has 21 heavy (non-hydrogen) atoms. The van der Waals surface area contributed by atoms with Crippen LogP contribution in [0.1, 0.15) is 37.9 Å². The maximum absolute atomic E-state index is 12.9. The molecule has 1 unspecified atom stereocenters. The van der Waals surface area contributed by atoms with Gasteiger partial charge in [0.1, 0.15) is 6.17 Å². The SMILES string of the molecule is CC.Cc1cnn(C)c1C.FC1CCCN(C2COC2)C1. The number of ether oxygens (including phenoxy) is 1. The predicted molar refractivity (Wildman–Crippen MR) is 84.3 cm³/mol. The molecule has 5 heteroatoms. The number of hydrogen-bond donors (Lipinski definition) is 0. The van der Waals surface area contributed by atoms with Crippen LogP contribution in [0, 0.1) is 13.8 Å². The molecule has 3 rings (SSSR count). The Morgan fingerprint density at radius 1 is 1.29 bits per heavy atom. The molecule has 4 nitrogen and oxygen atoms in total.